The first-order valence-corrected chi connectivity index (χ1v) is 7.00. The van der Waals surface area contributed by atoms with Gasteiger partial charge in [0.25, 0.3) is 0 Å². The van der Waals surface area contributed by atoms with Crippen molar-refractivity contribution in [3.8, 4) is 5.75 Å². The third kappa shape index (κ3) is 4.34. The molecule has 18 heavy (non-hydrogen) atoms. The van der Waals surface area contributed by atoms with Crippen LogP contribution in [0.2, 0.25) is 0 Å². The third-order valence-electron chi connectivity index (χ3n) is 3.48. The average molecular weight is 249 g/mol. The predicted octanol–water partition coefficient (Wildman–Crippen LogP) is 3.88. The van der Waals surface area contributed by atoms with Crippen LogP contribution in [-0.4, -0.2) is 13.2 Å². The molecule has 1 aromatic carbocycles. The minimum atomic E-state index is 0.354. The van der Waals surface area contributed by atoms with Crippen molar-refractivity contribution in [2.45, 2.75) is 58.4 Å². The number of aryl methyl sites for hydroxylation is 1. The molecule has 0 radical (unpaired) electrons. The molecule has 0 bridgehead atoms. The first kappa shape index (κ1) is 15.0. The van der Waals surface area contributed by atoms with Crippen molar-refractivity contribution < 1.29 is 4.74 Å². The van der Waals surface area contributed by atoms with E-state index in [0.717, 1.165) is 25.0 Å². The molecule has 0 aliphatic heterocycles. The molecule has 0 aliphatic rings. The van der Waals surface area contributed by atoms with Crippen molar-refractivity contribution in [1.29, 1.82) is 0 Å². The van der Waals surface area contributed by atoms with Crippen molar-refractivity contribution in [2.24, 2.45) is 5.73 Å². The van der Waals surface area contributed by atoms with Crippen molar-refractivity contribution >= 4 is 0 Å². The Hall–Kier alpha value is -1.02. The lowest BCUT2D eigenvalue weighted by atomic mass is 9.96. The van der Waals surface area contributed by atoms with Gasteiger partial charge < -0.3 is 10.5 Å². The van der Waals surface area contributed by atoms with E-state index in [-0.39, 0.29) is 0 Å². The highest BCUT2D eigenvalue weighted by molar-refractivity contribution is 5.39. The Bertz CT molecular complexity index is 360. The summed E-state index contributed by atoms with van der Waals surface area (Å²) in [5.74, 6) is 1.50. The smallest absolute Gasteiger partial charge is 0.122 e. The van der Waals surface area contributed by atoms with Crippen LogP contribution in [0.3, 0.4) is 0 Å². The molecule has 0 saturated heterocycles. The van der Waals surface area contributed by atoms with E-state index in [9.17, 15) is 0 Å². The van der Waals surface area contributed by atoms with Crippen LogP contribution < -0.4 is 10.5 Å². The molecule has 0 aromatic heterocycles. The fraction of sp³-hybridized carbons (Fsp3) is 0.625. The quantitative estimate of drug-likeness (QED) is 0.796. The number of hydrogen-bond donors (Lipinski definition) is 1. The van der Waals surface area contributed by atoms with Gasteiger partial charge >= 0.3 is 0 Å². The highest BCUT2D eigenvalue weighted by Gasteiger charge is 2.08. The maximum absolute atomic E-state index is 5.94. The summed E-state index contributed by atoms with van der Waals surface area (Å²) in [7, 11) is 1.74. The highest BCUT2D eigenvalue weighted by Crippen LogP contribution is 2.27. The molecular formula is C16H27NO. The van der Waals surface area contributed by atoms with Crippen LogP contribution in [0.5, 0.6) is 5.75 Å². The van der Waals surface area contributed by atoms with E-state index in [2.05, 4.69) is 39.0 Å². The van der Waals surface area contributed by atoms with E-state index in [4.69, 9.17) is 10.5 Å². The highest BCUT2D eigenvalue weighted by atomic mass is 16.5. The van der Waals surface area contributed by atoms with Gasteiger partial charge in [0, 0.05) is 6.04 Å². The summed E-state index contributed by atoms with van der Waals surface area (Å²) in [5.41, 5.74) is 8.63. The number of rotatable bonds is 7. The second kappa shape index (κ2) is 7.42. The van der Waals surface area contributed by atoms with E-state index in [0.29, 0.717) is 12.0 Å². The van der Waals surface area contributed by atoms with Gasteiger partial charge in [-0.15, -0.1) is 0 Å². The number of nitrogens with two attached hydrogens (primary N) is 1. The molecule has 0 aliphatic carbocycles. The van der Waals surface area contributed by atoms with Gasteiger partial charge in [0.05, 0.1) is 7.11 Å². The largest absolute Gasteiger partial charge is 0.496 e. The zero-order chi connectivity index (χ0) is 13.5. The average Bonchev–Trinajstić information content (AvgIpc) is 2.38. The van der Waals surface area contributed by atoms with Crippen LogP contribution in [0.25, 0.3) is 0 Å². The summed E-state index contributed by atoms with van der Waals surface area (Å²) in [4.78, 5) is 0. The van der Waals surface area contributed by atoms with Gasteiger partial charge in [-0.2, -0.15) is 0 Å². The standard InChI is InChI=1S/C16H27NO/c1-5-14(17)8-6-7-13-9-10-16(18-4)15(11-13)12(2)3/h9-12,14H,5-8,17H2,1-4H3. The summed E-state index contributed by atoms with van der Waals surface area (Å²) < 4.78 is 5.40. The Morgan fingerprint density at radius 1 is 1.28 bits per heavy atom. The van der Waals surface area contributed by atoms with E-state index in [1.807, 2.05) is 0 Å². The van der Waals surface area contributed by atoms with Gasteiger partial charge in [-0.1, -0.05) is 32.9 Å². The summed E-state index contributed by atoms with van der Waals surface area (Å²) in [5, 5.41) is 0. The maximum Gasteiger partial charge on any atom is 0.122 e. The summed E-state index contributed by atoms with van der Waals surface area (Å²) in [6.07, 6.45) is 4.45. The molecular weight excluding hydrogens is 222 g/mol. The van der Waals surface area contributed by atoms with E-state index in [1.165, 1.54) is 17.5 Å². The van der Waals surface area contributed by atoms with Crippen LogP contribution in [0, 0.1) is 0 Å². The molecule has 2 heteroatoms. The monoisotopic (exact) mass is 249 g/mol. The van der Waals surface area contributed by atoms with Crippen LogP contribution in [-0.2, 0) is 6.42 Å². The van der Waals surface area contributed by atoms with Gasteiger partial charge in [0.1, 0.15) is 5.75 Å². The molecule has 1 unspecified atom stereocenters. The Balaban J connectivity index is 2.64. The van der Waals surface area contributed by atoms with Gasteiger partial charge in [0.2, 0.25) is 0 Å². The zero-order valence-electron chi connectivity index (χ0n) is 12.2. The normalized spacial score (nSPS) is 12.8. The second-order valence-corrected chi connectivity index (χ2v) is 5.29. The van der Waals surface area contributed by atoms with Crippen LogP contribution >= 0.6 is 0 Å². The van der Waals surface area contributed by atoms with Gasteiger partial charge in [-0.05, 0) is 48.8 Å². The number of ether oxygens (including phenoxy) is 1. The fourth-order valence-corrected chi connectivity index (χ4v) is 2.16. The molecule has 2 nitrogen and oxygen atoms in total. The molecule has 2 N–H and O–H groups in total. The zero-order valence-corrected chi connectivity index (χ0v) is 12.2. The maximum atomic E-state index is 5.94. The minimum Gasteiger partial charge on any atom is -0.496 e. The lowest BCUT2D eigenvalue weighted by Crippen LogP contribution is -2.18. The number of benzene rings is 1. The Kier molecular flexibility index (Phi) is 6.20. The Morgan fingerprint density at radius 2 is 2.00 bits per heavy atom. The SMILES string of the molecule is CCC(N)CCCc1ccc(OC)c(C(C)C)c1. The van der Waals surface area contributed by atoms with Gasteiger partial charge in [-0.3, -0.25) is 0 Å². The van der Waals surface area contributed by atoms with Crippen molar-refractivity contribution in [2.75, 3.05) is 7.11 Å². The molecule has 0 fully saturated rings. The van der Waals surface area contributed by atoms with Crippen LogP contribution in [0.1, 0.15) is 57.1 Å². The van der Waals surface area contributed by atoms with Crippen molar-refractivity contribution in [3.63, 3.8) is 0 Å². The Labute approximate surface area is 112 Å². The van der Waals surface area contributed by atoms with Gasteiger partial charge in [0.15, 0.2) is 0 Å². The first-order valence-electron chi connectivity index (χ1n) is 7.00. The van der Waals surface area contributed by atoms with E-state index >= 15 is 0 Å². The molecule has 0 spiro atoms. The Morgan fingerprint density at radius 3 is 2.56 bits per heavy atom. The lowest BCUT2D eigenvalue weighted by Gasteiger charge is -2.14. The molecule has 0 saturated carbocycles. The van der Waals surface area contributed by atoms with Crippen LogP contribution in [0.4, 0.5) is 0 Å². The fourth-order valence-electron chi connectivity index (χ4n) is 2.16. The molecule has 0 amide bonds. The second-order valence-electron chi connectivity index (χ2n) is 5.29. The topological polar surface area (TPSA) is 35.2 Å². The van der Waals surface area contributed by atoms with Crippen molar-refractivity contribution in [3.05, 3.63) is 29.3 Å². The van der Waals surface area contributed by atoms with Crippen LogP contribution in [0.15, 0.2) is 18.2 Å². The first-order chi connectivity index (χ1) is 8.58. The summed E-state index contributed by atoms with van der Waals surface area (Å²) >= 11 is 0. The van der Waals surface area contributed by atoms with Crippen molar-refractivity contribution in [1.82, 2.24) is 0 Å². The van der Waals surface area contributed by atoms with E-state index in [1.54, 1.807) is 7.11 Å². The number of hydrogen-bond acceptors (Lipinski definition) is 2. The molecule has 102 valence electrons. The molecule has 1 aromatic rings. The predicted molar refractivity (Wildman–Crippen MR) is 78.3 cm³/mol. The number of methoxy groups -OCH3 is 1. The lowest BCUT2D eigenvalue weighted by molar-refractivity contribution is 0.407. The van der Waals surface area contributed by atoms with E-state index < -0.39 is 0 Å². The van der Waals surface area contributed by atoms with Gasteiger partial charge in [-0.25, -0.2) is 0 Å². The molecule has 0 heterocycles. The summed E-state index contributed by atoms with van der Waals surface area (Å²) in [6.45, 7) is 6.55. The minimum absolute atomic E-state index is 0.354. The third-order valence-corrected chi connectivity index (χ3v) is 3.48. The summed E-state index contributed by atoms with van der Waals surface area (Å²) in [6, 6.07) is 6.89. The molecule has 1 atom stereocenters. The molecule has 1 rings (SSSR count).